The number of para-hydroxylation sites is 1. The minimum Gasteiger partial charge on any atom is -0.496 e. The Balaban J connectivity index is 1.80. The fraction of sp³-hybridized carbons (Fsp3) is 0.316. The Morgan fingerprint density at radius 2 is 2.04 bits per heavy atom. The van der Waals surface area contributed by atoms with Crippen molar-refractivity contribution in [3.63, 3.8) is 0 Å². The summed E-state index contributed by atoms with van der Waals surface area (Å²) < 4.78 is 7.17. The number of methoxy groups -OCH3 is 1. The normalized spacial score (nSPS) is 12.0. The molecule has 1 aromatic carbocycles. The molecule has 2 N–H and O–H groups in total. The number of ether oxygens (including phenoxy) is 1. The van der Waals surface area contributed by atoms with Crippen LogP contribution in [0.15, 0.2) is 30.3 Å². The molecule has 7 nitrogen and oxygen atoms in total. The number of carbonyl (C=O) groups is 1. The summed E-state index contributed by atoms with van der Waals surface area (Å²) in [6.07, 6.45) is 0. The molecule has 0 fully saturated rings. The van der Waals surface area contributed by atoms with Crippen LogP contribution < -0.4 is 10.1 Å². The van der Waals surface area contributed by atoms with Crippen molar-refractivity contribution in [3.8, 4) is 17.0 Å². The molecule has 0 saturated carbocycles. The fourth-order valence-corrected chi connectivity index (χ4v) is 3.09. The van der Waals surface area contributed by atoms with Crippen molar-refractivity contribution in [2.24, 2.45) is 7.05 Å². The van der Waals surface area contributed by atoms with Crippen molar-refractivity contribution in [2.45, 2.75) is 26.8 Å². The first kappa shape index (κ1) is 17.7. The lowest BCUT2D eigenvalue weighted by Crippen LogP contribution is -2.27. The van der Waals surface area contributed by atoms with E-state index in [1.165, 1.54) is 0 Å². The van der Waals surface area contributed by atoms with Crippen molar-refractivity contribution >= 4 is 5.91 Å². The van der Waals surface area contributed by atoms with E-state index in [2.05, 4.69) is 20.6 Å². The molecule has 2 aromatic heterocycles. The van der Waals surface area contributed by atoms with E-state index < -0.39 is 0 Å². The first-order valence-corrected chi connectivity index (χ1v) is 8.42. The average molecular weight is 353 g/mol. The number of aromatic nitrogens is 4. The summed E-state index contributed by atoms with van der Waals surface area (Å²) in [4.78, 5) is 12.6. The molecule has 0 saturated heterocycles. The van der Waals surface area contributed by atoms with Crippen LogP contribution in [0.2, 0.25) is 0 Å². The number of aromatic amines is 1. The molecule has 7 heteroatoms. The minimum absolute atomic E-state index is 0.202. The van der Waals surface area contributed by atoms with Crippen LogP contribution >= 0.6 is 0 Å². The van der Waals surface area contributed by atoms with Gasteiger partial charge in [0.2, 0.25) is 0 Å². The van der Waals surface area contributed by atoms with Gasteiger partial charge in [-0.3, -0.25) is 14.6 Å². The van der Waals surface area contributed by atoms with Gasteiger partial charge < -0.3 is 10.1 Å². The van der Waals surface area contributed by atoms with Gasteiger partial charge in [-0.1, -0.05) is 18.2 Å². The van der Waals surface area contributed by atoms with E-state index in [1.54, 1.807) is 13.2 Å². The van der Waals surface area contributed by atoms with Crippen molar-refractivity contribution < 1.29 is 9.53 Å². The molecule has 0 aliphatic heterocycles. The monoisotopic (exact) mass is 353 g/mol. The van der Waals surface area contributed by atoms with Gasteiger partial charge in [0, 0.05) is 23.9 Å². The topological polar surface area (TPSA) is 84.8 Å². The van der Waals surface area contributed by atoms with Crippen LogP contribution in [0.1, 0.15) is 40.4 Å². The molecule has 3 rings (SSSR count). The molecular formula is C19H23N5O2. The third-order valence-corrected chi connectivity index (χ3v) is 4.54. The number of carbonyl (C=O) groups excluding carboxylic acids is 1. The minimum atomic E-state index is -0.221. The molecule has 1 unspecified atom stereocenters. The second-order valence-electron chi connectivity index (χ2n) is 6.27. The van der Waals surface area contributed by atoms with E-state index in [0.717, 1.165) is 28.3 Å². The van der Waals surface area contributed by atoms with Crippen LogP contribution in [0.5, 0.6) is 5.75 Å². The summed E-state index contributed by atoms with van der Waals surface area (Å²) in [6.45, 7) is 5.83. The molecule has 136 valence electrons. The highest BCUT2D eigenvalue weighted by Crippen LogP contribution is 2.26. The highest BCUT2D eigenvalue weighted by atomic mass is 16.5. The number of H-pyrrole nitrogens is 1. The molecule has 0 aliphatic carbocycles. The third-order valence-electron chi connectivity index (χ3n) is 4.54. The number of amides is 1. The maximum atomic E-state index is 12.6. The predicted molar refractivity (Wildman–Crippen MR) is 99.1 cm³/mol. The number of nitrogens with zero attached hydrogens (tertiary/aromatic N) is 3. The van der Waals surface area contributed by atoms with Crippen LogP contribution in [0.3, 0.4) is 0 Å². The standard InChI is InChI=1S/C19H23N5O2/c1-11(14-8-6-7-9-17(14)26-5)20-19(25)16-10-15(21-22-16)18-12(2)23-24(4)13(18)3/h6-11H,1-5H3,(H,20,25)(H,21,22). The van der Waals surface area contributed by atoms with E-state index in [9.17, 15) is 4.79 Å². The lowest BCUT2D eigenvalue weighted by molar-refractivity contribution is 0.0934. The zero-order chi connectivity index (χ0) is 18.8. The van der Waals surface area contributed by atoms with Crippen LogP contribution in [0.25, 0.3) is 11.3 Å². The van der Waals surface area contributed by atoms with Crippen LogP contribution in [-0.4, -0.2) is 33.0 Å². The molecular weight excluding hydrogens is 330 g/mol. The number of nitrogens with one attached hydrogen (secondary N) is 2. The summed E-state index contributed by atoms with van der Waals surface area (Å²) in [6, 6.07) is 9.18. The van der Waals surface area contributed by atoms with E-state index in [0.29, 0.717) is 11.4 Å². The number of hydrogen-bond acceptors (Lipinski definition) is 4. The van der Waals surface area contributed by atoms with Gasteiger partial charge >= 0.3 is 0 Å². The zero-order valence-electron chi connectivity index (χ0n) is 15.6. The van der Waals surface area contributed by atoms with Crippen LogP contribution in [0.4, 0.5) is 0 Å². The largest absolute Gasteiger partial charge is 0.496 e. The quantitative estimate of drug-likeness (QED) is 0.738. The average Bonchev–Trinajstić information content (AvgIpc) is 3.19. The Morgan fingerprint density at radius 3 is 2.69 bits per heavy atom. The second kappa shape index (κ2) is 7.03. The zero-order valence-corrected chi connectivity index (χ0v) is 15.6. The van der Waals surface area contributed by atoms with Gasteiger partial charge in [0.1, 0.15) is 11.4 Å². The Morgan fingerprint density at radius 1 is 1.31 bits per heavy atom. The van der Waals surface area contributed by atoms with Gasteiger partial charge in [-0.05, 0) is 32.9 Å². The highest BCUT2D eigenvalue weighted by Gasteiger charge is 2.19. The molecule has 1 atom stereocenters. The van der Waals surface area contributed by atoms with Crippen molar-refractivity contribution in [1.82, 2.24) is 25.3 Å². The van der Waals surface area contributed by atoms with Crippen molar-refractivity contribution in [1.29, 1.82) is 0 Å². The molecule has 0 radical (unpaired) electrons. The SMILES string of the molecule is COc1ccccc1C(C)NC(=O)c1cc(-c2c(C)nn(C)c2C)n[nH]1. The van der Waals surface area contributed by atoms with Gasteiger partial charge in [-0.2, -0.15) is 10.2 Å². The van der Waals surface area contributed by atoms with E-state index in [4.69, 9.17) is 4.74 Å². The Hall–Kier alpha value is -3.09. The summed E-state index contributed by atoms with van der Waals surface area (Å²) in [5.74, 6) is 0.522. The first-order valence-electron chi connectivity index (χ1n) is 8.42. The highest BCUT2D eigenvalue weighted by molar-refractivity contribution is 5.93. The van der Waals surface area contributed by atoms with Crippen LogP contribution in [-0.2, 0) is 7.05 Å². The fourth-order valence-electron chi connectivity index (χ4n) is 3.09. The van der Waals surface area contributed by atoms with Crippen LogP contribution in [0, 0.1) is 13.8 Å². The van der Waals surface area contributed by atoms with Gasteiger partial charge in [0.25, 0.3) is 5.91 Å². The molecule has 0 bridgehead atoms. The lowest BCUT2D eigenvalue weighted by Gasteiger charge is -2.16. The lowest BCUT2D eigenvalue weighted by atomic mass is 10.1. The summed E-state index contributed by atoms with van der Waals surface area (Å²) >= 11 is 0. The third kappa shape index (κ3) is 3.20. The Kier molecular flexibility index (Phi) is 4.79. The number of aryl methyl sites for hydroxylation is 2. The predicted octanol–water partition coefficient (Wildman–Crippen LogP) is 2.93. The molecule has 3 aromatic rings. The van der Waals surface area contributed by atoms with Gasteiger partial charge in [-0.15, -0.1) is 0 Å². The summed E-state index contributed by atoms with van der Waals surface area (Å²) in [7, 11) is 3.51. The maximum absolute atomic E-state index is 12.6. The van der Waals surface area contributed by atoms with E-state index in [1.807, 2.05) is 56.8 Å². The Bertz CT molecular complexity index is 941. The number of rotatable bonds is 5. The summed E-state index contributed by atoms with van der Waals surface area (Å²) in [5, 5.41) is 14.5. The number of hydrogen-bond donors (Lipinski definition) is 2. The second-order valence-corrected chi connectivity index (χ2v) is 6.27. The van der Waals surface area contributed by atoms with Gasteiger partial charge in [0.15, 0.2) is 0 Å². The van der Waals surface area contributed by atoms with Gasteiger partial charge in [0.05, 0.1) is 24.5 Å². The molecule has 2 heterocycles. The maximum Gasteiger partial charge on any atom is 0.269 e. The number of benzene rings is 1. The molecule has 0 spiro atoms. The van der Waals surface area contributed by atoms with Crippen molar-refractivity contribution in [2.75, 3.05) is 7.11 Å². The van der Waals surface area contributed by atoms with Crippen molar-refractivity contribution in [3.05, 3.63) is 53.0 Å². The molecule has 1 amide bonds. The molecule has 26 heavy (non-hydrogen) atoms. The smallest absolute Gasteiger partial charge is 0.269 e. The first-order chi connectivity index (χ1) is 12.4. The van der Waals surface area contributed by atoms with E-state index in [-0.39, 0.29) is 11.9 Å². The van der Waals surface area contributed by atoms with E-state index >= 15 is 0 Å². The Labute approximate surface area is 152 Å². The molecule has 0 aliphatic rings. The van der Waals surface area contributed by atoms with Gasteiger partial charge in [-0.25, -0.2) is 0 Å². The summed E-state index contributed by atoms with van der Waals surface area (Å²) in [5.41, 5.74) is 4.87.